The number of H-pyrrole nitrogens is 1. The molecule has 0 bridgehead atoms. The van der Waals surface area contributed by atoms with Gasteiger partial charge in [-0.15, -0.1) is 0 Å². The number of anilines is 1. The highest BCUT2D eigenvalue weighted by Crippen LogP contribution is 2.28. The number of hydrogen-bond acceptors (Lipinski definition) is 4. The van der Waals surface area contributed by atoms with Crippen molar-refractivity contribution in [3.8, 4) is 11.3 Å². The molecule has 0 spiro atoms. The lowest BCUT2D eigenvalue weighted by molar-refractivity contribution is 0.0361. The van der Waals surface area contributed by atoms with E-state index in [1.807, 2.05) is 24.3 Å². The molecule has 5 nitrogen and oxygen atoms in total. The number of ether oxygens (including phenoxy) is 2. The van der Waals surface area contributed by atoms with Crippen molar-refractivity contribution >= 4 is 16.6 Å². The van der Waals surface area contributed by atoms with Gasteiger partial charge in [-0.3, -0.25) is 0 Å². The minimum absolute atomic E-state index is 0.155. The second-order valence-corrected chi connectivity index (χ2v) is 5.94. The zero-order chi connectivity index (χ0) is 17.5. The third-order valence-corrected chi connectivity index (χ3v) is 3.99. The van der Waals surface area contributed by atoms with Crippen LogP contribution in [0.15, 0.2) is 48.5 Å². The van der Waals surface area contributed by atoms with Crippen molar-refractivity contribution in [2.75, 3.05) is 32.2 Å². The third kappa shape index (κ3) is 4.60. The number of nitrogens with two attached hydrogens (primary N) is 1. The molecule has 0 aliphatic carbocycles. The molecule has 1 heterocycles. The van der Waals surface area contributed by atoms with Crippen LogP contribution in [0, 0.1) is 0 Å². The Balaban J connectivity index is 1.63. The fourth-order valence-electron chi connectivity index (χ4n) is 2.77. The molecule has 0 aliphatic rings. The number of aliphatic hydroxyl groups is 1. The second kappa shape index (κ2) is 8.67. The molecule has 3 aromatic rings. The van der Waals surface area contributed by atoms with Crippen LogP contribution in [0.25, 0.3) is 22.2 Å². The Morgan fingerprint density at radius 3 is 2.56 bits per heavy atom. The maximum absolute atomic E-state index is 8.68. The van der Waals surface area contributed by atoms with Gasteiger partial charge in [0.2, 0.25) is 0 Å². The molecule has 0 saturated heterocycles. The predicted octanol–water partition coefficient (Wildman–Crippen LogP) is 3.33. The van der Waals surface area contributed by atoms with Crippen LogP contribution >= 0.6 is 0 Å². The van der Waals surface area contributed by atoms with Crippen molar-refractivity contribution in [2.45, 2.75) is 13.0 Å². The van der Waals surface area contributed by atoms with Gasteiger partial charge < -0.3 is 25.3 Å². The Bertz CT molecular complexity index is 799. The number of aliphatic hydroxyl groups excluding tert-OH is 1. The first-order valence-corrected chi connectivity index (χ1v) is 8.51. The topological polar surface area (TPSA) is 80.5 Å². The van der Waals surface area contributed by atoms with Crippen molar-refractivity contribution in [2.24, 2.45) is 0 Å². The van der Waals surface area contributed by atoms with Gasteiger partial charge in [0.05, 0.1) is 31.0 Å². The lowest BCUT2D eigenvalue weighted by atomic mass is 10.1. The summed E-state index contributed by atoms with van der Waals surface area (Å²) >= 11 is 0. The number of fused-ring (bicyclic) bond motifs is 1. The highest BCUT2D eigenvalue weighted by atomic mass is 16.5. The summed E-state index contributed by atoms with van der Waals surface area (Å²) in [5.74, 6) is 0. The van der Waals surface area contributed by atoms with E-state index < -0.39 is 0 Å². The Hall–Kier alpha value is -2.34. The monoisotopic (exact) mass is 340 g/mol. The van der Waals surface area contributed by atoms with Gasteiger partial charge >= 0.3 is 0 Å². The van der Waals surface area contributed by atoms with Gasteiger partial charge in [0.1, 0.15) is 0 Å². The van der Waals surface area contributed by atoms with Crippen LogP contribution < -0.4 is 5.73 Å². The zero-order valence-electron chi connectivity index (χ0n) is 14.2. The van der Waals surface area contributed by atoms with Crippen LogP contribution in [-0.4, -0.2) is 36.5 Å². The number of benzene rings is 2. The molecule has 1 aromatic heterocycles. The third-order valence-electron chi connectivity index (χ3n) is 3.99. The first-order valence-electron chi connectivity index (χ1n) is 8.51. The maximum Gasteiger partial charge on any atom is 0.0719 e. The van der Waals surface area contributed by atoms with E-state index in [4.69, 9.17) is 20.3 Å². The summed E-state index contributed by atoms with van der Waals surface area (Å²) in [4.78, 5) is 3.40. The van der Waals surface area contributed by atoms with Crippen LogP contribution in [0.3, 0.4) is 0 Å². The number of aromatic nitrogens is 1. The molecule has 0 atom stereocenters. The lowest BCUT2D eigenvalue weighted by Gasteiger charge is -2.07. The molecule has 0 fully saturated rings. The molecule has 0 amide bonds. The highest BCUT2D eigenvalue weighted by Gasteiger charge is 2.07. The first kappa shape index (κ1) is 17.5. The van der Waals surface area contributed by atoms with Crippen LogP contribution in [0.1, 0.15) is 12.0 Å². The van der Waals surface area contributed by atoms with E-state index in [0.717, 1.165) is 33.4 Å². The maximum atomic E-state index is 8.68. The van der Waals surface area contributed by atoms with Crippen LogP contribution in [0.5, 0.6) is 0 Å². The van der Waals surface area contributed by atoms with Gasteiger partial charge in [-0.05, 0) is 35.7 Å². The van der Waals surface area contributed by atoms with Crippen molar-refractivity contribution in [3.05, 3.63) is 54.1 Å². The summed E-state index contributed by atoms with van der Waals surface area (Å²) < 4.78 is 11.0. The average molecular weight is 340 g/mol. The molecule has 5 heteroatoms. The Morgan fingerprint density at radius 1 is 0.960 bits per heavy atom. The standard InChI is InChI=1S/C20H24N2O3/c21-18-12-15(14-25-10-9-24-8-4-7-23)11-17-13-19(22-20(17)18)16-5-2-1-3-6-16/h1-3,5-6,11-13,22-23H,4,7-10,14,21H2. The second-order valence-electron chi connectivity index (χ2n) is 5.94. The van der Waals surface area contributed by atoms with Crippen LogP contribution in [0.4, 0.5) is 5.69 Å². The van der Waals surface area contributed by atoms with E-state index >= 15 is 0 Å². The normalized spacial score (nSPS) is 11.2. The van der Waals surface area contributed by atoms with Crippen molar-refractivity contribution < 1.29 is 14.6 Å². The Kier molecular flexibility index (Phi) is 6.06. The Morgan fingerprint density at radius 2 is 1.76 bits per heavy atom. The lowest BCUT2D eigenvalue weighted by Crippen LogP contribution is -2.06. The fourth-order valence-corrected chi connectivity index (χ4v) is 2.77. The average Bonchev–Trinajstić information content (AvgIpc) is 3.06. The Labute approximate surface area is 147 Å². The van der Waals surface area contributed by atoms with Crippen LogP contribution in [0.2, 0.25) is 0 Å². The molecule has 132 valence electrons. The number of rotatable bonds is 9. The zero-order valence-corrected chi connectivity index (χ0v) is 14.2. The summed E-state index contributed by atoms with van der Waals surface area (Å²) in [6.45, 7) is 2.26. The molecule has 0 saturated carbocycles. The molecule has 4 N–H and O–H groups in total. The molecule has 0 unspecified atom stereocenters. The van der Waals surface area contributed by atoms with E-state index in [1.54, 1.807) is 0 Å². The minimum Gasteiger partial charge on any atom is -0.397 e. The van der Waals surface area contributed by atoms with Gasteiger partial charge in [-0.25, -0.2) is 0 Å². The predicted molar refractivity (Wildman–Crippen MR) is 100 cm³/mol. The first-order chi connectivity index (χ1) is 12.3. The molecular formula is C20H24N2O3. The van der Waals surface area contributed by atoms with Crippen molar-refractivity contribution in [1.82, 2.24) is 4.98 Å². The van der Waals surface area contributed by atoms with E-state index in [0.29, 0.717) is 32.8 Å². The molecule has 3 rings (SSSR count). The summed E-state index contributed by atoms with van der Waals surface area (Å²) in [5.41, 5.74) is 11.1. The number of aromatic amines is 1. The van der Waals surface area contributed by atoms with Gasteiger partial charge in [0.25, 0.3) is 0 Å². The number of hydrogen-bond donors (Lipinski definition) is 3. The molecule has 2 aromatic carbocycles. The highest BCUT2D eigenvalue weighted by molar-refractivity contribution is 5.94. The quantitative estimate of drug-likeness (QED) is 0.412. The van der Waals surface area contributed by atoms with E-state index in [2.05, 4.69) is 29.2 Å². The van der Waals surface area contributed by atoms with E-state index in [1.165, 1.54) is 0 Å². The van der Waals surface area contributed by atoms with Gasteiger partial charge in [0, 0.05) is 24.3 Å². The van der Waals surface area contributed by atoms with Gasteiger partial charge in [-0.1, -0.05) is 30.3 Å². The SMILES string of the molecule is Nc1cc(COCCOCCCO)cc2cc(-c3ccccc3)[nH]c12. The summed E-state index contributed by atoms with van der Waals surface area (Å²) in [6, 6.07) is 16.3. The van der Waals surface area contributed by atoms with Crippen molar-refractivity contribution in [1.29, 1.82) is 0 Å². The van der Waals surface area contributed by atoms with E-state index in [9.17, 15) is 0 Å². The van der Waals surface area contributed by atoms with E-state index in [-0.39, 0.29) is 6.61 Å². The summed E-state index contributed by atoms with van der Waals surface area (Å²) in [7, 11) is 0. The number of nitrogens with one attached hydrogen (secondary N) is 1. The van der Waals surface area contributed by atoms with Gasteiger partial charge in [-0.2, -0.15) is 0 Å². The van der Waals surface area contributed by atoms with Crippen LogP contribution in [-0.2, 0) is 16.1 Å². The summed E-state index contributed by atoms with van der Waals surface area (Å²) in [6.07, 6.45) is 0.657. The molecular weight excluding hydrogens is 316 g/mol. The molecule has 0 radical (unpaired) electrons. The molecule has 25 heavy (non-hydrogen) atoms. The minimum atomic E-state index is 0.155. The number of nitrogen functional groups attached to an aromatic ring is 1. The molecule has 0 aliphatic heterocycles. The largest absolute Gasteiger partial charge is 0.397 e. The van der Waals surface area contributed by atoms with Crippen molar-refractivity contribution in [3.63, 3.8) is 0 Å². The fraction of sp³-hybridized carbons (Fsp3) is 0.300. The smallest absolute Gasteiger partial charge is 0.0719 e. The summed E-state index contributed by atoms with van der Waals surface area (Å²) in [5, 5.41) is 9.76. The van der Waals surface area contributed by atoms with Gasteiger partial charge in [0.15, 0.2) is 0 Å².